The lowest BCUT2D eigenvalue weighted by atomic mass is 10.0. The summed E-state index contributed by atoms with van der Waals surface area (Å²) >= 11 is 0. The van der Waals surface area contributed by atoms with Crippen LogP contribution in [-0.2, 0) is 11.2 Å². The number of carbonyl (C=O) groups excluding carboxylic acids is 1. The number of aromatic nitrogens is 3. The molecule has 2 rings (SSSR count). The lowest BCUT2D eigenvalue weighted by Gasteiger charge is -2.12. The maximum Gasteiger partial charge on any atom is 0.335 e. The van der Waals surface area contributed by atoms with Gasteiger partial charge in [0.1, 0.15) is 18.7 Å². The van der Waals surface area contributed by atoms with E-state index in [4.69, 9.17) is 5.11 Å². The van der Waals surface area contributed by atoms with Crippen LogP contribution in [0.4, 0.5) is 0 Å². The summed E-state index contributed by atoms with van der Waals surface area (Å²) in [5.41, 5.74) is 0.954. The molecule has 0 saturated carbocycles. The fraction of sp³-hybridized carbons (Fsp3) is 0.286. The molecule has 1 heterocycles. The molecule has 2 N–H and O–H groups in total. The fourth-order valence-corrected chi connectivity index (χ4v) is 1.95. The van der Waals surface area contributed by atoms with Gasteiger partial charge in [0.2, 0.25) is 5.91 Å². The van der Waals surface area contributed by atoms with Crippen molar-refractivity contribution in [3.8, 4) is 0 Å². The van der Waals surface area contributed by atoms with Gasteiger partial charge in [-0.05, 0) is 25.0 Å². The standard InChI is InChI=1S/C14H16N4O3/c1-10(18-9-15-8-17-18)13(19)16-7-6-11-4-2-3-5-12(11)14(20)21/h2-5,8-10H,6-7H2,1H3,(H,16,19)(H,20,21). The molecule has 1 atom stereocenters. The zero-order valence-electron chi connectivity index (χ0n) is 11.6. The van der Waals surface area contributed by atoms with E-state index in [9.17, 15) is 9.59 Å². The van der Waals surface area contributed by atoms with Crippen LogP contribution in [0.15, 0.2) is 36.9 Å². The van der Waals surface area contributed by atoms with Gasteiger partial charge >= 0.3 is 5.97 Å². The van der Waals surface area contributed by atoms with Crippen LogP contribution in [0.2, 0.25) is 0 Å². The fourth-order valence-electron chi connectivity index (χ4n) is 1.95. The Kier molecular flexibility index (Phi) is 4.65. The Labute approximate surface area is 121 Å². The van der Waals surface area contributed by atoms with Crippen LogP contribution in [0.25, 0.3) is 0 Å². The molecule has 0 fully saturated rings. The van der Waals surface area contributed by atoms with Crippen LogP contribution in [0.5, 0.6) is 0 Å². The molecular weight excluding hydrogens is 272 g/mol. The number of carboxylic acid groups (broad SMARTS) is 1. The quantitative estimate of drug-likeness (QED) is 0.823. The van der Waals surface area contributed by atoms with Gasteiger partial charge in [0.15, 0.2) is 0 Å². The van der Waals surface area contributed by atoms with Crippen LogP contribution < -0.4 is 5.32 Å². The third-order valence-electron chi connectivity index (χ3n) is 3.15. The summed E-state index contributed by atoms with van der Waals surface area (Å²) in [5.74, 6) is -1.15. The monoisotopic (exact) mass is 288 g/mol. The van der Waals surface area contributed by atoms with Gasteiger partial charge in [-0.2, -0.15) is 5.10 Å². The number of hydrogen-bond acceptors (Lipinski definition) is 4. The second-order valence-electron chi connectivity index (χ2n) is 4.55. The number of benzene rings is 1. The Morgan fingerprint density at radius 2 is 2.14 bits per heavy atom. The van der Waals surface area contributed by atoms with E-state index in [2.05, 4.69) is 15.4 Å². The molecule has 21 heavy (non-hydrogen) atoms. The summed E-state index contributed by atoms with van der Waals surface area (Å²) in [5, 5.41) is 15.8. The molecule has 0 aliphatic carbocycles. The van der Waals surface area contributed by atoms with Crippen molar-refractivity contribution >= 4 is 11.9 Å². The first kappa shape index (κ1) is 14.7. The number of rotatable bonds is 6. The predicted octanol–water partition coefficient (Wildman–Crippen LogP) is 0.896. The Morgan fingerprint density at radius 3 is 2.81 bits per heavy atom. The average Bonchev–Trinajstić information content (AvgIpc) is 3.00. The SMILES string of the molecule is CC(C(=O)NCCc1ccccc1C(=O)O)n1cncn1. The lowest BCUT2D eigenvalue weighted by molar-refractivity contribution is -0.124. The van der Waals surface area contributed by atoms with Crippen molar-refractivity contribution < 1.29 is 14.7 Å². The van der Waals surface area contributed by atoms with Crippen molar-refractivity contribution in [2.45, 2.75) is 19.4 Å². The smallest absolute Gasteiger partial charge is 0.335 e. The van der Waals surface area contributed by atoms with Crippen molar-refractivity contribution in [1.29, 1.82) is 0 Å². The van der Waals surface area contributed by atoms with E-state index in [1.54, 1.807) is 31.2 Å². The molecule has 0 bridgehead atoms. The van der Waals surface area contributed by atoms with E-state index in [1.165, 1.54) is 17.3 Å². The third-order valence-corrected chi connectivity index (χ3v) is 3.15. The van der Waals surface area contributed by atoms with E-state index in [1.807, 2.05) is 0 Å². The number of nitrogens with one attached hydrogen (secondary N) is 1. The second kappa shape index (κ2) is 6.65. The molecule has 0 radical (unpaired) electrons. The molecule has 0 aliphatic rings. The molecule has 0 aliphatic heterocycles. The molecular formula is C14H16N4O3. The summed E-state index contributed by atoms with van der Waals surface area (Å²) < 4.78 is 1.46. The van der Waals surface area contributed by atoms with Crippen molar-refractivity contribution in [2.24, 2.45) is 0 Å². The summed E-state index contributed by atoms with van der Waals surface area (Å²) in [6.07, 6.45) is 3.30. The average molecular weight is 288 g/mol. The second-order valence-corrected chi connectivity index (χ2v) is 4.55. The molecule has 7 heteroatoms. The maximum absolute atomic E-state index is 11.9. The lowest BCUT2D eigenvalue weighted by Crippen LogP contribution is -2.32. The molecule has 7 nitrogen and oxygen atoms in total. The summed E-state index contributed by atoms with van der Waals surface area (Å²) in [6.45, 7) is 2.08. The summed E-state index contributed by atoms with van der Waals surface area (Å²) in [6, 6.07) is 6.30. The highest BCUT2D eigenvalue weighted by molar-refractivity contribution is 5.89. The van der Waals surface area contributed by atoms with Crippen LogP contribution >= 0.6 is 0 Å². The Morgan fingerprint density at radius 1 is 1.38 bits per heavy atom. The van der Waals surface area contributed by atoms with Crippen molar-refractivity contribution in [1.82, 2.24) is 20.1 Å². The highest BCUT2D eigenvalue weighted by atomic mass is 16.4. The first-order valence-electron chi connectivity index (χ1n) is 6.52. The summed E-state index contributed by atoms with van der Waals surface area (Å²) in [4.78, 5) is 26.8. The van der Waals surface area contributed by atoms with Crippen molar-refractivity contribution in [3.05, 3.63) is 48.0 Å². The molecule has 1 aromatic carbocycles. The molecule has 2 aromatic rings. The Hall–Kier alpha value is -2.70. The molecule has 1 amide bonds. The number of nitrogens with zero attached hydrogens (tertiary/aromatic N) is 3. The van der Waals surface area contributed by atoms with E-state index in [-0.39, 0.29) is 11.5 Å². The van der Waals surface area contributed by atoms with Crippen molar-refractivity contribution in [3.63, 3.8) is 0 Å². The van der Waals surface area contributed by atoms with Gasteiger partial charge in [0.05, 0.1) is 5.56 Å². The topological polar surface area (TPSA) is 97.1 Å². The van der Waals surface area contributed by atoms with Gasteiger partial charge < -0.3 is 10.4 Å². The van der Waals surface area contributed by atoms with Crippen LogP contribution in [0.1, 0.15) is 28.9 Å². The van der Waals surface area contributed by atoms with Gasteiger partial charge in [0, 0.05) is 6.54 Å². The molecule has 0 saturated heterocycles. The van der Waals surface area contributed by atoms with Crippen LogP contribution in [0.3, 0.4) is 0 Å². The normalized spacial score (nSPS) is 11.9. The number of carboxylic acids is 1. The van der Waals surface area contributed by atoms with Gasteiger partial charge in [-0.3, -0.25) is 4.79 Å². The van der Waals surface area contributed by atoms with Gasteiger partial charge in [-0.1, -0.05) is 18.2 Å². The Balaban J connectivity index is 1.90. The molecule has 110 valence electrons. The first-order chi connectivity index (χ1) is 10.1. The largest absolute Gasteiger partial charge is 0.478 e. The number of amides is 1. The minimum absolute atomic E-state index is 0.187. The molecule has 1 aromatic heterocycles. The maximum atomic E-state index is 11.9. The van der Waals surface area contributed by atoms with Crippen molar-refractivity contribution in [2.75, 3.05) is 6.54 Å². The molecule has 0 spiro atoms. The van der Waals surface area contributed by atoms with Crippen LogP contribution in [-0.4, -0.2) is 38.3 Å². The zero-order valence-corrected chi connectivity index (χ0v) is 11.6. The number of aromatic carboxylic acids is 1. The highest BCUT2D eigenvalue weighted by Crippen LogP contribution is 2.09. The van der Waals surface area contributed by atoms with Gasteiger partial charge in [-0.15, -0.1) is 0 Å². The van der Waals surface area contributed by atoms with E-state index >= 15 is 0 Å². The van der Waals surface area contributed by atoms with Gasteiger partial charge in [0.25, 0.3) is 0 Å². The van der Waals surface area contributed by atoms with Gasteiger partial charge in [-0.25, -0.2) is 14.5 Å². The minimum atomic E-state index is -0.965. The zero-order chi connectivity index (χ0) is 15.2. The summed E-state index contributed by atoms with van der Waals surface area (Å²) in [7, 11) is 0. The number of carbonyl (C=O) groups is 2. The third kappa shape index (κ3) is 3.65. The van der Waals surface area contributed by atoms with E-state index in [0.717, 1.165) is 0 Å². The minimum Gasteiger partial charge on any atom is -0.478 e. The highest BCUT2D eigenvalue weighted by Gasteiger charge is 2.15. The predicted molar refractivity (Wildman–Crippen MR) is 74.8 cm³/mol. The van der Waals surface area contributed by atoms with E-state index in [0.29, 0.717) is 18.5 Å². The number of hydrogen-bond donors (Lipinski definition) is 2. The first-order valence-corrected chi connectivity index (χ1v) is 6.52. The van der Waals surface area contributed by atoms with Crippen LogP contribution in [0, 0.1) is 0 Å². The Bertz CT molecular complexity index is 625. The van der Waals surface area contributed by atoms with E-state index < -0.39 is 12.0 Å². The molecule has 1 unspecified atom stereocenters.